The molecule has 0 bridgehead atoms. The minimum atomic E-state index is -0.646. The van der Waals surface area contributed by atoms with Crippen LogP contribution in [0.5, 0.6) is 5.75 Å². The zero-order valence-corrected chi connectivity index (χ0v) is 16.8. The molecule has 4 rings (SSSR count). The maximum Gasteiger partial charge on any atom is 0.290 e. The summed E-state index contributed by atoms with van der Waals surface area (Å²) in [5.41, 5.74) is 0.737. The second kappa shape index (κ2) is 8.28. The Morgan fingerprint density at radius 1 is 1.10 bits per heavy atom. The predicted molar refractivity (Wildman–Crippen MR) is 109 cm³/mol. The summed E-state index contributed by atoms with van der Waals surface area (Å²) in [4.78, 5) is 27.9. The molecule has 0 saturated heterocycles. The summed E-state index contributed by atoms with van der Waals surface area (Å²) in [6.45, 7) is 3.21. The Morgan fingerprint density at radius 3 is 2.57 bits per heavy atom. The Kier molecular flexibility index (Phi) is 5.55. The molecule has 1 atom stereocenters. The quantitative estimate of drug-likeness (QED) is 0.590. The number of benzene rings is 2. The van der Waals surface area contributed by atoms with Crippen molar-refractivity contribution in [3.63, 3.8) is 0 Å². The van der Waals surface area contributed by atoms with Crippen molar-refractivity contribution in [1.29, 1.82) is 0 Å². The number of carbonyl (C=O) groups is 1. The molecule has 3 aromatic rings. The van der Waals surface area contributed by atoms with Gasteiger partial charge in [-0.3, -0.25) is 9.59 Å². The van der Waals surface area contributed by atoms with E-state index in [0.717, 1.165) is 18.1 Å². The van der Waals surface area contributed by atoms with Gasteiger partial charge in [-0.05, 0) is 42.3 Å². The second-order valence-electron chi connectivity index (χ2n) is 7.13. The Hall–Kier alpha value is -3.19. The first-order chi connectivity index (χ1) is 14.5. The highest BCUT2D eigenvalue weighted by atomic mass is 19.1. The highest BCUT2D eigenvalue weighted by Gasteiger charge is 2.42. The van der Waals surface area contributed by atoms with Crippen LogP contribution in [0.15, 0.2) is 51.7 Å². The molecule has 0 spiro atoms. The van der Waals surface area contributed by atoms with E-state index in [1.807, 2.05) is 31.2 Å². The molecule has 0 radical (unpaired) electrons. The molecular weight excluding hydrogens is 389 g/mol. The van der Waals surface area contributed by atoms with Crippen LogP contribution < -0.4 is 10.2 Å². The summed E-state index contributed by atoms with van der Waals surface area (Å²) in [5, 5.41) is 0.114. The van der Waals surface area contributed by atoms with Gasteiger partial charge in [0, 0.05) is 13.7 Å². The van der Waals surface area contributed by atoms with E-state index in [0.29, 0.717) is 19.0 Å². The molecule has 0 fully saturated rings. The highest BCUT2D eigenvalue weighted by molar-refractivity contribution is 5.99. The standard InChI is InChI=1S/C23H22FNO5/c1-3-11-29-16-7-4-14(5-8-16)20-19-21(26)17-13-15(24)6-9-18(17)30-22(19)23(27)25(20)10-12-28-2/h4-9,13,20H,3,10-12H2,1-2H3. The summed E-state index contributed by atoms with van der Waals surface area (Å²) >= 11 is 0. The van der Waals surface area contributed by atoms with Crippen molar-refractivity contribution >= 4 is 16.9 Å². The lowest BCUT2D eigenvalue weighted by Crippen LogP contribution is -2.32. The Labute approximate surface area is 172 Å². The average molecular weight is 411 g/mol. The lowest BCUT2D eigenvalue weighted by Gasteiger charge is -2.25. The van der Waals surface area contributed by atoms with E-state index in [9.17, 15) is 14.0 Å². The van der Waals surface area contributed by atoms with Crippen LogP contribution in [0.4, 0.5) is 4.39 Å². The third kappa shape index (κ3) is 3.45. The fourth-order valence-electron chi connectivity index (χ4n) is 3.73. The van der Waals surface area contributed by atoms with Gasteiger partial charge in [-0.2, -0.15) is 0 Å². The van der Waals surface area contributed by atoms with E-state index >= 15 is 0 Å². The summed E-state index contributed by atoms with van der Waals surface area (Å²) < 4.78 is 30.3. The van der Waals surface area contributed by atoms with Gasteiger partial charge in [0.05, 0.1) is 30.2 Å². The van der Waals surface area contributed by atoms with E-state index in [4.69, 9.17) is 13.9 Å². The number of rotatable bonds is 7. The number of methoxy groups -OCH3 is 1. The SMILES string of the molecule is CCCOc1ccc(C2c3c(oc4ccc(F)cc4c3=O)C(=O)N2CCOC)cc1. The number of hydrogen-bond donors (Lipinski definition) is 0. The zero-order valence-electron chi connectivity index (χ0n) is 16.8. The molecule has 30 heavy (non-hydrogen) atoms. The van der Waals surface area contributed by atoms with Gasteiger partial charge in [-0.25, -0.2) is 4.39 Å². The minimum Gasteiger partial charge on any atom is -0.494 e. The predicted octanol–water partition coefficient (Wildman–Crippen LogP) is 3.91. The lowest BCUT2D eigenvalue weighted by molar-refractivity contribution is 0.0663. The van der Waals surface area contributed by atoms with Crippen LogP contribution in [0.1, 0.15) is 41.1 Å². The lowest BCUT2D eigenvalue weighted by atomic mass is 9.98. The summed E-state index contributed by atoms with van der Waals surface area (Å²) in [6, 6.07) is 10.3. The van der Waals surface area contributed by atoms with Crippen molar-refractivity contribution in [2.24, 2.45) is 0 Å². The van der Waals surface area contributed by atoms with Gasteiger partial charge in [0.15, 0.2) is 5.43 Å². The monoisotopic (exact) mass is 411 g/mol. The number of amides is 1. The van der Waals surface area contributed by atoms with Gasteiger partial charge in [-0.1, -0.05) is 19.1 Å². The van der Waals surface area contributed by atoms with Crippen LogP contribution in [0, 0.1) is 5.82 Å². The molecule has 1 aliphatic heterocycles. The van der Waals surface area contributed by atoms with E-state index in [1.54, 1.807) is 12.0 Å². The molecule has 7 heteroatoms. The first-order valence-electron chi connectivity index (χ1n) is 9.84. The van der Waals surface area contributed by atoms with Crippen LogP contribution >= 0.6 is 0 Å². The molecule has 0 N–H and O–H groups in total. The maximum atomic E-state index is 13.8. The van der Waals surface area contributed by atoms with Gasteiger partial charge in [0.2, 0.25) is 5.76 Å². The van der Waals surface area contributed by atoms with Gasteiger partial charge in [-0.15, -0.1) is 0 Å². The number of fused-ring (bicyclic) bond motifs is 2. The third-order valence-electron chi connectivity index (χ3n) is 5.13. The minimum absolute atomic E-state index is 0.00785. The molecular formula is C23H22FNO5. The molecule has 0 aliphatic carbocycles. The largest absolute Gasteiger partial charge is 0.494 e. The average Bonchev–Trinajstić information content (AvgIpc) is 3.03. The molecule has 1 unspecified atom stereocenters. The number of nitrogens with zero attached hydrogens (tertiary/aromatic N) is 1. The Morgan fingerprint density at radius 2 is 1.87 bits per heavy atom. The summed E-state index contributed by atoms with van der Waals surface area (Å²) in [6.07, 6.45) is 0.891. The third-order valence-corrected chi connectivity index (χ3v) is 5.13. The molecule has 1 aromatic heterocycles. The molecule has 6 nitrogen and oxygen atoms in total. The zero-order chi connectivity index (χ0) is 21.3. The van der Waals surface area contributed by atoms with Gasteiger partial charge in [0.1, 0.15) is 17.1 Å². The van der Waals surface area contributed by atoms with Crippen LogP contribution in [-0.4, -0.2) is 37.7 Å². The van der Waals surface area contributed by atoms with E-state index in [1.165, 1.54) is 12.1 Å². The van der Waals surface area contributed by atoms with Gasteiger partial charge < -0.3 is 18.8 Å². The van der Waals surface area contributed by atoms with Crippen LogP contribution in [-0.2, 0) is 4.74 Å². The van der Waals surface area contributed by atoms with Crippen molar-refractivity contribution in [3.05, 3.63) is 75.4 Å². The van der Waals surface area contributed by atoms with Gasteiger partial charge >= 0.3 is 0 Å². The Bertz CT molecular complexity index is 1140. The maximum absolute atomic E-state index is 13.8. The molecule has 156 valence electrons. The molecule has 2 heterocycles. The van der Waals surface area contributed by atoms with Crippen molar-refractivity contribution in [2.45, 2.75) is 19.4 Å². The number of hydrogen-bond acceptors (Lipinski definition) is 5. The van der Waals surface area contributed by atoms with Crippen LogP contribution in [0.25, 0.3) is 11.0 Å². The second-order valence-corrected chi connectivity index (χ2v) is 7.13. The first kappa shape index (κ1) is 20.1. The number of halogens is 1. The van der Waals surface area contributed by atoms with Crippen LogP contribution in [0.2, 0.25) is 0 Å². The van der Waals surface area contributed by atoms with E-state index in [2.05, 4.69) is 0 Å². The summed E-state index contributed by atoms with van der Waals surface area (Å²) in [5.74, 6) is -0.223. The van der Waals surface area contributed by atoms with Gasteiger partial charge in [0.25, 0.3) is 5.91 Å². The fourth-order valence-corrected chi connectivity index (χ4v) is 3.73. The van der Waals surface area contributed by atoms with Crippen molar-refractivity contribution in [1.82, 2.24) is 4.90 Å². The number of ether oxygens (including phenoxy) is 2. The first-order valence-corrected chi connectivity index (χ1v) is 9.84. The number of carbonyl (C=O) groups excluding carboxylic acids is 1. The fraction of sp³-hybridized carbons (Fsp3) is 0.304. The van der Waals surface area contributed by atoms with E-state index in [-0.39, 0.29) is 34.7 Å². The van der Waals surface area contributed by atoms with Crippen LogP contribution in [0.3, 0.4) is 0 Å². The van der Waals surface area contributed by atoms with E-state index < -0.39 is 17.3 Å². The smallest absolute Gasteiger partial charge is 0.290 e. The Balaban J connectivity index is 1.85. The molecule has 0 saturated carbocycles. The van der Waals surface area contributed by atoms with Crippen molar-refractivity contribution < 1.29 is 23.1 Å². The van der Waals surface area contributed by atoms with Crippen molar-refractivity contribution in [2.75, 3.05) is 26.9 Å². The summed E-state index contributed by atoms with van der Waals surface area (Å²) in [7, 11) is 1.54. The topological polar surface area (TPSA) is 69.0 Å². The molecule has 1 aliphatic rings. The molecule has 2 aromatic carbocycles. The molecule has 1 amide bonds. The normalized spacial score (nSPS) is 15.6. The van der Waals surface area contributed by atoms with Crippen molar-refractivity contribution in [3.8, 4) is 5.75 Å². The highest BCUT2D eigenvalue weighted by Crippen LogP contribution is 2.38.